The molecule has 0 aliphatic rings. The quantitative estimate of drug-likeness (QED) is 0.690. The normalized spacial score (nSPS) is 11.1. The molecule has 0 saturated carbocycles. The molecule has 2 heterocycles. The van der Waals surface area contributed by atoms with Crippen molar-refractivity contribution in [3.05, 3.63) is 34.6 Å². The number of nitrogens with two attached hydrogens (primary N) is 1. The van der Waals surface area contributed by atoms with E-state index in [1.54, 1.807) is 12.1 Å². The number of anilines is 1. The van der Waals surface area contributed by atoms with Crippen LogP contribution in [-0.2, 0) is 0 Å². The zero-order chi connectivity index (χ0) is 13.6. The van der Waals surface area contributed by atoms with Gasteiger partial charge in [0.15, 0.2) is 5.58 Å². The van der Waals surface area contributed by atoms with E-state index in [1.165, 1.54) is 0 Å². The Bertz CT molecular complexity index is 743. The van der Waals surface area contributed by atoms with E-state index >= 15 is 0 Å². The molecule has 2 aromatic heterocycles. The maximum atomic E-state index is 5.97. The van der Waals surface area contributed by atoms with E-state index in [0.29, 0.717) is 27.7 Å². The number of aromatic nitrogens is 3. The second kappa shape index (κ2) is 4.20. The highest BCUT2D eigenvalue weighted by Gasteiger charge is 2.13. The van der Waals surface area contributed by atoms with E-state index < -0.39 is 0 Å². The Kier molecular flexibility index (Phi) is 2.64. The number of hydrogen-bond donors (Lipinski definition) is 1. The maximum absolute atomic E-state index is 5.97. The molecule has 6 heteroatoms. The lowest BCUT2D eigenvalue weighted by Crippen LogP contribution is -1.93. The number of hydrogen-bond acceptors (Lipinski definition) is 5. The summed E-state index contributed by atoms with van der Waals surface area (Å²) >= 11 is 5.97. The maximum Gasteiger partial charge on any atom is 0.229 e. The molecule has 0 amide bonds. The number of fused-ring (bicyclic) bond motifs is 1. The topological polar surface area (TPSA) is 77.8 Å². The van der Waals surface area contributed by atoms with Gasteiger partial charge in [0.1, 0.15) is 5.52 Å². The fourth-order valence-corrected chi connectivity index (χ4v) is 2.00. The summed E-state index contributed by atoms with van der Waals surface area (Å²) in [6.07, 6.45) is 0. The summed E-state index contributed by atoms with van der Waals surface area (Å²) in [5, 5.41) is 8.51. The Balaban J connectivity index is 2.23. The highest BCUT2D eigenvalue weighted by Crippen LogP contribution is 2.30. The Labute approximate surface area is 114 Å². The minimum Gasteiger partial charge on any atom is -0.436 e. The Morgan fingerprint density at radius 2 is 1.95 bits per heavy atom. The molecule has 3 aromatic rings. The van der Waals surface area contributed by atoms with Gasteiger partial charge >= 0.3 is 0 Å². The highest BCUT2D eigenvalue weighted by molar-refractivity contribution is 6.33. The van der Waals surface area contributed by atoms with Crippen molar-refractivity contribution >= 4 is 28.4 Å². The lowest BCUT2D eigenvalue weighted by Gasteiger charge is -1.99. The minimum atomic E-state index is 0.466. The van der Waals surface area contributed by atoms with Crippen LogP contribution in [0.1, 0.15) is 11.4 Å². The van der Waals surface area contributed by atoms with Crippen molar-refractivity contribution in [2.45, 2.75) is 13.8 Å². The predicted octanol–water partition coefficient (Wildman–Crippen LogP) is 3.14. The molecule has 0 atom stereocenters. The van der Waals surface area contributed by atoms with Crippen LogP contribution in [0.2, 0.25) is 5.02 Å². The summed E-state index contributed by atoms with van der Waals surface area (Å²) in [5.74, 6) is 0.493. The van der Waals surface area contributed by atoms with Crippen LogP contribution in [0.15, 0.2) is 22.6 Å². The number of halogens is 1. The van der Waals surface area contributed by atoms with Crippen molar-refractivity contribution in [1.29, 1.82) is 0 Å². The van der Waals surface area contributed by atoms with Crippen molar-refractivity contribution < 1.29 is 4.42 Å². The van der Waals surface area contributed by atoms with Crippen LogP contribution in [0.3, 0.4) is 0 Å². The lowest BCUT2D eigenvalue weighted by atomic mass is 10.2. The Hall–Kier alpha value is -2.14. The third-order valence-electron chi connectivity index (χ3n) is 2.84. The van der Waals surface area contributed by atoms with Gasteiger partial charge in [-0.1, -0.05) is 11.6 Å². The molecule has 0 radical (unpaired) electrons. The largest absolute Gasteiger partial charge is 0.436 e. The van der Waals surface area contributed by atoms with Crippen LogP contribution in [-0.4, -0.2) is 15.2 Å². The van der Waals surface area contributed by atoms with Crippen LogP contribution in [0, 0.1) is 13.8 Å². The summed E-state index contributed by atoms with van der Waals surface area (Å²) < 4.78 is 5.71. The molecular weight excluding hydrogens is 264 g/mol. The van der Waals surface area contributed by atoms with E-state index in [0.717, 1.165) is 17.0 Å². The van der Waals surface area contributed by atoms with Crippen molar-refractivity contribution in [2.24, 2.45) is 0 Å². The Morgan fingerprint density at radius 3 is 2.74 bits per heavy atom. The van der Waals surface area contributed by atoms with Gasteiger partial charge in [0.25, 0.3) is 0 Å². The molecule has 5 nitrogen and oxygen atoms in total. The molecule has 0 aliphatic heterocycles. The van der Waals surface area contributed by atoms with Gasteiger partial charge in [-0.25, -0.2) is 4.98 Å². The van der Waals surface area contributed by atoms with E-state index in [1.807, 2.05) is 19.9 Å². The molecular formula is C13H11ClN4O. The molecule has 96 valence electrons. The summed E-state index contributed by atoms with van der Waals surface area (Å²) in [6.45, 7) is 3.73. The molecule has 3 rings (SSSR count). The van der Waals surface area contributed by atoms with Gasteiger partial charge in [-0.2, -0.15) is 10.2 Å². The highest BCUT2D eigenvalue weighted by atomic mass is 35.5. The van der Waals surface area contributed by atoms with Gasteiger partial charge in [0.2, 0.25) is 5.89 Å². The molecule has 1 aromatic carbocycles. The van der Waals surface area contributed by atoms with Crippen molar-refractivity contribution in [3.8, 4) is 11.5 Å². The van der Waals surface area contributed by atoms with Gasteiger partial charge in [-0.05, 0) is 26.0 Å². The third-order valence-corrected chi connectivity index (χ3v) is 3.17. The van der Waals surface area contributed by atoms with E-state index in [4.69, 9.17) is 21.8 Å². The van der Waals surface area contributed by atoms with Gasteiger partial charge in [-0.15, -0.1) is 0 Å². The first-order chi connectivity index (χ1) is 9.04. The van der Waals surface area contributed by atoms with Crippen LogP contribution in [0.5, 0.6) is 0 Å². The fourth-order valence-electron chi connectivity index (χ4n) is 1.85. The average molecular weight is 275 g/mol. The van der Waals surface area contributed by atoms with E-state index in [-0.39, 0.29) is 0 Å². The Morgan fingerprint density at radius 1 is 1.16 bits per heavy atom. The summed E-state index contributed by atoms with van der Waals surface area (Å²) in [6, 6.07) is 5.25. The SMILES string of the molecule is Cc1cc(-c2nc3cc(Cl)c(N)cc3o2)c(C)nn1. The van der Waals surface area contributed by atoms with E-state index in [2.05, 4.69) is 15.2 Å². The van der Waals surface area contributed by atoms with Crippen LogP contribution >= 0.6 is 11.6 Å². The summed E-state index contributed by atoms with van der Waals surface area (Å²) in [7, 11) is 0. The van der Waals surface area contributed by atoms with Gasteiger partial charge in [0, 0.05) is 6.07 Å². The molecule has 0 bridgehead atoms. The second-order valence-electron chi connectivity index (χ2n) is 4.35. The molecule has 0 aliphatic carbocycles. The number of nitrogens with zero attached hydrogens (tertiary/aromatic N) is 3. The standard InChI is InChI=1S/C13H11ClN4O/c1-6-3-8(7(2)18-17-6)13-16-11-4-9(14)10(15)5-12(11)19-13/h3-5H,15H2,1-2H3. The van der Waals surface area contributed by atoms with Gasteiger partial charge in [-0.3, -0.25) is 0 Å². The minimum absolute atomic E-state index is 0.466. The van der Waals surface area contributed by atoms with Crippen molar-refractivity contribution in [1.82, 2.24) is 15.2 Å². The zero-order valence-electron chi connectivity index (χ0n) is 10.4. The summed E-state index contributed by atoms with van der Waals surface area (Å²) in [5.41, 5.74) is 9.87. The van der Waals surface area contributed by atoms with E-state index in [9.17, 15) is 0 Å². The number of rotatable bonds is 1. The number of aryl methyl sites for hydroxylation is 2. The molecule has 19 heavy (non-hydrogen) atoms. The molecule has 0 saturated heterocycles. The first-order valence-corrected chi connectivity index (χ1v) is 6.09. The molecule has 0 fully saturated rings. The molecule has 0 unspecified atom stereocenters. The third kappa shape index (κ3) is 2.02. The number of nitrogen functional groups attached to an aromatic ring is 1. The average Bonchev–Trinajstić information content (AvgIpc) is 2.75. The number of oxazole rings is 1. The van der Waals surface area contributed by atoms with Crippen molar-refractivity contribution in [2.75, 3.05) is 5.73 Å². The monoisotopic (exact) mass is 274 g/mol. The lowest BCUT2D eigenvalue weighted by molar-refractivity contribution is 0.618. The first-order valence-electron chi connectivity index (χ1n) is 5.71. The fraction of sp³-hybridized carbons (Fsp3) is 0.154. The predicted molar refractivity (Wildman–Crippen MR) is 73.9 cm³/mol. The summed E-state index contributed by atoms with van der Waals surface area (Å²) in [4.78, 5) is 4.41. The second-order valence-corrected chi connectivity index (χ2v) is 4.75. The van der Waals surface area contributed by atoms with Crippen LogP contribution < -0.4 is 5.73 Å². The number of benzene rings is 1. The molecule has 2 N–H and O–H groups in total. The molecule has 0 spiro atoms. The smallest absolute Gasteiger partial charge is 0.229 e. The first kappa shape index (κ1) is 11.9. The van der Waals surface area contributed by atoms with Crippen molar-refractivity contribution in [3.63, 3.8) is 0 Å². The zero-order valence-corrected chi connectivity index (χ0v) is 11.2. The van der Waals surface area contributed by atoms with Gasteiger partial charge < -0.3 is 10.2 Å². The van der Waals surface area contributed by atoms with Crippen LogP contribution in [0.4, 0.5) is 5.69 Å². The van der Waals surface area contributed by atoms with Gasteiger partial charge in [0.05, 0.1) is 27.7 Å². The van der Waals surface area contributed by atoms with Crippen LogP contribution in [0.25, 0.3) is 22.6 Å².